The van der Waals surface area contributed by atoms with E-state index in [0.29, 0.717) is 18.4 Å². The van der Waals surface area contributed by atoms with E-state index in [9.17, 15) is 0 Å². The largest absolute Gasteiger partial charge is 0.367 e. The van der Waals surface area contributed by atoms with E-state index >= 15 is 0 Å². The molecule has 2 heteroatoms. The Kier molecular flexibility index (Phi) is 4.21. The number of hydrogen-bond acceptors (Lipinski definition) is 1. The predicted molar refractivity (Wildman–Crippen MR) is 76.8 cm³/mol. The quantitative estimate of drug-likeness (QED) is 0.826. The lowest BCUT2D eigenvalue weighted by atomic mass is 9.90. The van der Waals surface area contributed by atoms with E-state index in [4.69, 9.17) is 5.73 Å². The second-order valence-electron chi connectivity index (χ2n) is 4.91. The van der Waals surface area contributed by atoms with Crippen LogP contribution in [0.1, 0.15) is 48.8 Å². The van der Waals surface area contributed by atoms with Crippen LogP contribution in [-0.4, -0.2) is 11.5 Å². The number of hydrogen-bond donors (Lipinski definition) is 2. The fourth-order valence-electron chi connectivity index (χ4n) is 2.31. The first kappa shape index (κ1) is 12.9. The van der Waals surface area contributed by atoms with Gasteiger partial charge in [-0.05, 0) is 35.1 Å². The van der Waals surface area contributed by atoms with Gasteiger partial charge >= 0.3 is 0 Å². The standard InChI is InChI=1S/C16H22N2/c1-3-12(2)13-4-6-14(7-5-13)16(10-17)15-8-9-18-11-15/h4-9,11-12,16,18H,3,10,17H2,1-2H3. The Balaban J connectivity index is 2.22. The second-order valence-corrected chi connectivity index (χ2v) is 4.91. The van der Waals surface area contributed by atoms with E-state index in [2.05, 4.69) is 49.2 Å². The van der Waals surface area contributed by atoms with Crippen LogP contribution >= 0.6 is 0 Å². The molecule has 0 aliphatic rings. The topological polar surface area (TPSA) is 41.8 Å². The van der Waals surface area contributed by atoms with Crippen LogP contribution in [0.5, 0.6) is 0 Å². The molecule has 96 valence electrons. The molecule has 1 aromatic heterocycles. The zero-order valence-electron chi connectivity index (χ0n) is 11.2. The zero-order valence-corrected chi connectivity index (χ0v) is 11.2. The van der Waals surface area contributed by atoms with Gasteiger partial charge in [0.25, 0.3) is 0 Å². The van der Waals surface area contributed by atoms with Crippen LogP contribution in [0.15, 0.2) is 42.7 Å². The molecule has 2 atom stereocenters. The molecule has 2 nitrogen and oxygen atoms in total. The molecule has 0 aliphatic heterocycles. The molecule has 1 aromatic carbocycles. The first-order chi connectivity index (χ1) is 8.76. The smallest absolute Gasteiger partial charge is 0.0227 e. The third-order valence-electron chi connectivity index (χ3n) is 3.78. The SMILES string of the molecule is CCC(C)c1ccc(C(CN)c2cc[nH]c2)cc1. The van der Waals surface area contributed by atoms with Gasteiger partial charge in [-0.1, -0.05) is 38.1 Å². The van der Waals surface area contributed by atoms with Gasteiger partial charge in [0, 0.05) is 24.9 Å². The zero-order chi connectivity index (χ0) is 13.0. The monoisotopic (exact) mass is 242 g/mol. The summed E-state index contributed by atoms with van der Waals surface area (Å²) in [5.41, 5.74) is 9.87. The van der Waals surface area contributed by atoms with Crippen molar-refractivity contribution in [2.45, 2.75) is 32.1 Å². The van der Waals surface area contributed by atoms with Crippen LogP contribution in [0.2, 0.25) is 0 Å². The van der Waals surface area contributed by atoms with Crippen molar-refractivity contribution >= 4 is 0 Å². The highest BCUT2D eigenvalue weighted by atomic mass is 14.6. The number of rotatable bonds is 5. The molecule has 2 unspecified atom stereocenters. The van der Waals surface area contributed by atoms with Crippen LogP contribution in [0.25, 0.3) is 0 Å². The van der Waals surface area contributed by atoms with Crippen LogP contribution < -0.4 is 5.73 Å². The predicted octanol–water partition coefficient (Wildman–Crippen LogP) is 3.62. The molecule has 1 heterocycles. The van der Waals surface area contributed by atoms with Crippen molar-refractivity contribution in [1.29, 1.82) is 0 Å². The number of aromatic amines is 1. The number of aromatic nitrogens is 1. The average molecular weight is 242 g/mol. The minimum absolute atomic E-state index is 0.294. The second kappa shape index (κ2) is 5.87. The van der Waals surface area contributed by atoms with E-state index in [1.54, 1.807) is 0 Å². The van der Waals surface area contributed by atoms with Gasteiger partial charge in [0.2, 0.25) is 0 Å². The van der Waals surface area contributed by atoms with Crippen molar-refractivity contribution in [2.24, 2.45) is 5.73 Å². The van der Waals surface area contributed by atoms with Crippen molar-refractivity contribution in [3.8, 4) is 0 Å². The van der Waals surface area contributed by atoms with Crippen LogP contribution in [0.4, 0.5) is 0 Å². The van der Waals surface area contributed by atoms with E-state index in [1.165, 1.54) is 23.1 Å². The summed E-state index contributed by atoms with van der Waals surface area (Å²) in [5.74, 6) is 0.921. The summed E-state index contributed by atoms with van der Waals surface area (Å²) in [4.78, 5) is 3.10. The van der Waals surface area contributed by atoms with Gasteiger partial charge in [-0.2, -0.15) is 0 Å². The molecule has 18 heavy (non-hydrogen) atoms. The molecule has 0 amide bonds. The molecule has 2 aromatic rings. The van der Waals surface area contributed by atoms with E-state index < -0.39 is 0 Å². The summed E-state index contributed by atoms with van der Waals surface area (Å²) in [6.07, 6.45) is 5.16. The lowest BCUT2D eigenvalue weighted by molar-refractivity contribution is 0.731. The van der Waals surface area contributed by atoms with Gasteiger partial charge in [-0.3, -0.25) is 0 Å². The Hall–Kier alpha value is -1.54. The van der Waals surface area contributed by atoms with Gasteiger partial charge in [0.15, 0.2) is 0 Å². The maximum absolute atomic E-state index is 5.91. The summed E-state index contributed by atoms with van der Waals surface area (Å²) >= 11 is 0. The highest BCUT2D eigenvalue weighted by Gasteiger charge is 2.13. The maximum Gasteiger partial charge on any atom is 0.0227 e. The summed E-state index contributed by atoms with van der Waals surface area (Å²) in [7, 11) is 0. The van der Waals surface area contributed by atoms with E-state index in [-0.39, 0.29) is 0 Å². The lowest BCUT2D eigenvalue weighted by Gasteiger charge is -2.16. The number of nitrogens with two attached hydrogens (primary N) is 1. The molecule has 0 aliphatic carbocycles. The molecular weight excluding hydrogens is 220 g/mol. The molecular formula is C16H22N2. The van der Waals surface area contributed by atoms with Gasteiger partial charge in [0.05, 0.1) is 0 Å². The Labute approximate surface area is 109 Å². The summed E-state index contributed by atoms with van der Waals surface area (Å²) in [5, 5.41) is 0. The minimum atomic E-state index is 0.294. The highest BCUT2D eigenvalue weighted by molar-refractivity contribution is 5.34. The Morgan fingerprint density at radius 2 is 1.72 bits per heavy atom. The first-order valence-electron chi connectivity index (χ1n) is 6.68. The van der Waals surface area contributed by atoms with E-state index in [0.717, 1.165) is 0 Å². The summed E-state index contributed by atoms with van der Waals surface area (Å²) < 4.78 is 0. The number of H-pyrrole nitrogens is 1. The lowest BCUT2D eigenvalue weighted by Crippen LogP contribution is -2.13. The Morgan fingerprint density at radius 3 is 2.22 bits per heavy atom. The van der Waals surface area contributed by atoms with E-state index in [1.807, 2.05) is 12.4 Å². The molecule has 0 radical (unpaired) electrons. The van der Waals surface area contributed by atoms with Crippen LogP contribution in [-0.2, 0) is 0 Å². The molecule has 2 rings (SSSR count). The van der Waals surface area contributed by atoms with Crippen molar-refractivity contribution in [2.75, 3.05) is 6.54 Å². The van der Waals surface area contributed by atoms with Crippen LogP contribution in [0, 0.1) is 0 Å². The van der Waals surface area contributed by atoms with Crippen molar-refractivity contribution in [1.82, 2.24) is 4.98 Å². The normalized spacial score (nSPS) is 14.4. The van der Waals surface area contributed by atoms with Crippen molar-refractivity contribution in [3.05, 3.63) is 59.4 Å². The highest BCUT2D eigenvalue weighted by Crippen LogP contribution is 2.26. The molecule has 0 saturated carbocycles. The Bertz CT molecular complexity index is 456. The molecule has 0 spiro atoms. The third-order valence-corrected chi connectivity index (χ3v) is 3.78. The third kappa shape index (κ3) is 2.65. The number of nitrogens with one attached hydrogen (secondary N) is 1. The fraction of sp³-hybridized carbons (Fsp3) is 0.375. The molecule has 0 fully saturated rings. The Morgan fingerprint density at radius 1 is 1.06 bits per heavy atom. The van der Waals surface area contributed by atoms with Gasteiger partial charge in [-0.25, -0.2) is 0 Å². The summed E-state index contributed by atoms with van der Waals surface area (Å²) in [6.45, 7) is 5.13. The van der Waals surface area contributed by atoms with Crippen LogP contribution in [0.3, 0.4) is 0 Å². The summed E-state index contributed by atoms with van der Waals surface area (Å²) in [6, 6.07) is 11.0. The van der Waals surface area contributed by atoms with Crippen molar-refractivity contribution in [3.63, 3.8) is 0 Å². The van der Waals surface area contributed by atoms with Gasteiger partial charge in [-0.15, -0.1) is 0 Å². The minimum Gasteiger partial charge on any atom is -0.367 e. The van der Waals surface area contributed by atoms with Crippen molar-refractivity contribution < 1.29 is 0 Å². The number of benzene rings is 1. The fourth-order valence-corrected chi connectivity index (χ4v) is 2.31. The van der Waals surface area contributed by atoms with Gasteiger partial charge < -0.3 is 10.7 Å². The maximum atomic E-state index is 5.91. The average Bonchev–Trinajstić information content (AvgIpc) is 2.93. The molecule has 3 N–H and O–H groups in total. The molecule has 0 bridgehead atoms. The van der Waals surface area contributed by atoms with Gasteiger partial charge in [0.1, 0.15) is 0 Å². The molecule has 0 saturated heterocycles. The first-order valence-corrected chi connectivity index (χ1v) is 6.68.